The average Bonchev–Trinajstić information content (AvgIpc) is 2.42. The van der Waals surface area contributed by atoms with Crippen molar-refractivity contribution in [3.8, 4) is 23.3 Å². The zero-order valence-electron chi connectivity index (χ0n) is 11.0. The van der Waals surface area contributed by atoms with E-state index in [0.717, 1.165) is 30.1 Å². The molecule has 18 heavy (non-hydrogen) atoms. The maximum Gasteiger partial charge on any atom is 0.135 e. The van der Waals surface area contributed by atoms with Gasteiger partial charge in [0.05, 0.1) is 25.2 Å². The standard InChI is InChI=1S/C15H19ClO2/c1-3-4-5-11-18-15-9-8-14(17-2)12-13(15)7-6-10-16/h8-9,12H,3-5,10-11H2,1-2H3. The molecule has 1 aromatic carbocycles. The van der Waals surface area contributed by atoms with Gasteiger partial charge in [0.2, 0.25) is 0 Å². The van der Waals surface area contributed by atoms with Gasteiger partial charge >= 0.3 is 0 Å². The molecule has 3 heteroatoms. The summed E-state index contributed by atoms with van der Waals surface area (Å²) in [6.45, 7) is 2.89. The van der Waals surface area contributed by atoms with Crippen LogP contribution in [0.1, 0.15) is 31.7 Å². The molecule has 0 saturated heterocycles. The molecule has 1 aromatic rings. The highest BCUT2D eigenvalue weighted by atomic mass is 35.5. The zero-order valence-corrected chi connectivity index (χ0v) is 11.7. The van der Waals surface area contributed by atoms with E-state index in [-0.39, 0.29) is 0 Å². The Kier molecular flexibility index (Phi) is 7.13. The summed E-state index contributed by atoms with van der Waals surface area (Å²) in [4.78, 5) is 0. The number of unbranched alkanes of at least 4 members (excludes halogenated alkanes) is 2. The molecule has 0 aromatic heterocycles. The molecule has 0 heterocycles. The summed E-state index contributed by atoms with van der Waals surface area (Å²) in [5.41, 5.74) is 0.825. The summed E-state index contributed by atoms with van der Waals surface area (Å²) in [6.07, 6.45) is 3.43. The number of hydrogen-bond acceptors (Lipinski definition) is 2. The smallest absolute Gasteiger partial charge is 0.135 e. The molecule has 0 N–H and O–H groups in total. The normalized spacial score (nSPS) is 9.50. The third kappa shape index (κ3) is 4.89. The molecule has 0 radical (unpaired) electrons. The highest BCUT2D eigenvalue weighted by molar-refractivity contribution is 6.19. The van der Waals surface area contributed by atoms with Gasteiger partial charge in [-0.05, 0) is 24.6 Å². The minimum absolute atomic E-state index is 0.312. The minimum atomic E-state index is 0.312. The van der Waals surface area contributed by atoms with E-state index in [0.29, 0.717) is 5.88 Å². The number of halogens is 1. The van der Waals surface area contributed by atoms with Gasteiger partial charge in [0.25, 0.3) is 0 Å². The number of benzene rings is 1. The van der Waals surface area contributed by atoms with Crippen molar-refractivity contribution in [1.82, 2.24) is 0 Å². The van der Waals surface area contributed by atoms with Crippen LogP contribution < -0.4 is 9.47 Å². The molecule has 0 spiro atoms. The molecule has 0 fully saturated rings. The van der Waals surface area contributed by atoms with Crippen LogP contribution in [-0.4, -0.2) is 19.6 Å². The molecule has 98 valence electrons. The Morgan fingerprint density at radius 1 is 1.28 bits per heavy atom. The van der Waals surface area contributed by atoms with Crippen LogP contribution in [0.15, 0.2) is 18.2 Å². The Hall–Kier alpha value is -1.33. The Bertz CT molecular complexity index is 418. The average molecular weight is 267 g/mol. The van der Waals surface area contributed by atoms with Crippen LogP contribution in [0.4, 0.5) is 0 Å². The van der Waals surface area contributed by atoms with Gasteiger partial charge in [0.15, 0.2) is 0 Å². The monoisotopic (exact) mass is 266 g/mol. The lowest BCUT2D eigenvalue weighted by molar-refractivity contribution is 0.305. The maximum absolute atomic E-state index is 5.73. The van der Waals surface area contributed by atoms with Crippen molar-refractivity contribution in [2.45, 2.75) is 26.2 Å². The van der Waals surface area contributed by atoms with Crippen molar-refractivity contribution in [2.75, 3.05) is 19.6 Å². The summed E-state index contributed by atoms with van der Waals surface area (Å²) >= 11 is 5.58. The van der Waals surface area contributed by atoms with E-state index in [9.17, 15) is 0 Å². The Morgan fingerprint density at radius 3 is 2.78 bits per heavy atom. The van der Waals surface area contributed by atoms with Crippen molar-refractivity contribution >= 4 is 11.6 Å². The van der Waals surface area contributed by atoms with Crippen molar-refractivity contribution in [1.29, 1.82) is 0 Å². The lowest BCUT2D eigenvalue weighted by Crippen LogP contribution is -1.99. The van der Waals surface area contributed by atoms with Crippen LogP contribution in [0, 0.1) is 11.8 Å². The fourth-order valence-electron chi connectivity index (χ4n) is 1.52. The van der Waals surface area contributed by atoms with Gasteiger partial charge in [-0.3, -0.25) is 0 Å². The first-order valence-corrected chi connectivity index (χ1v) is 6.71. The third-order valence-electron chi connectivity index (χ3n) is 2.48. The summed E-state index contributed by atoms with van der Waals surface area (Å²) in [5.74, 6) is 7.71. The van der Waals surface area contributed by atoms with Crippen molar-refractivity contribution in [2.24, 2.45) is 0 Å². The highest BCUT2D eigenvalue weighted by Gasteiger charge is 2.03. The second-order valence-corrected chi connectivity index (χ2v) is 4.12. The fraction of sp³-hybridized carbons (Fsp3) is 0.467. The SMILES string of the molecule is CCCCCOc1ccc(OC)cc1C#CCCl. The predicted octanol–water partition coefficient (Wildman–Crippen LogP) is 3.85. The summed E-state index contributed by atoms with van der Waals surface area (Å²) < 4.78 is 10.9. The zero-order chi connectivity index (χ0) is 13.2. The highest BCUT2D eigenvalue weighted by Crippen LogP contribution is 2.23. The maximum atomic E-state index is 5.73. The van der Waals surface area contributed by atoms with Gasteiger partial charge in [-0.1, -0.05) is 31.6 Å². The molecule has 0 aliphatic carbocycles. The topological polar surface area (TPSA) is 18.5 Å². The predicted molar refractivity (Wildman–Crippen MR) is 75.6 cm³/mol. The first-order chi connectivity index (χ1) is 8.81. The summed E-state index contributed by atoms with van der Waals surface area (Å²) in [6, 6.07) is 5.64. The number of alkyl halides is 1. The second-order valence-electron chi connectivity index (χ2n) is 3.85. The molecular formula is C15H19ClO2. The van der Waals surface area contributed by atoms with Gasteiger partial charge in [-0.2, -0.15) is 0 Å². The third-order valence-corrected chi connectivity index (χ3v) is 2.62. The van der Waals surface area contributed by atoms with Gasteiger partial charge in [0, 0.05) is 0 Å². The quantitative estimate of drug-likeness (QED) is 0.442. The van der Waals surface area contributed by atoms with E-state index < -0.39 is 0 Å². The molecule has 2 nitrogen and oxygen atoms in total. The lowest BCUT2D eigenvalue weighted by atomic mass is 10.2. The van der Waals surface area contributed by atoms with Crippen LogP contribution in [0.25, 0.3) is 0 Å². The van der Waals surface area contributed by atoms with Crippen molar-refractivity contribution in [3.63, 3.8) is 0 Å². The van der Waals surface area contributed by atoms with E-state index in [1.54, 1.807) is 7.11 Å². The van der Waals surface area contributed by atoms with Gasteiger partial charge < -0.3 is 9.47 Å². The van der Waals surface area contributed by atoms with Gasteiger partial charge in [-0.15, -0.1) is 11.6 Å². The van der Waals surface area contributed by atoms with Gasteiger partial charge in [-0.25, -0.2) is 0 Å². The van der Waals surface area contributed by atoms with Crippen LogP contribution in [-0.2, 0) is 0 Å². The van der Waals surface area contributed by atoms with E-state index in [1.165, 1.54) is 12.8 Å². The van der Waals surface area contributed by atoms with E-state index in [2.05, 4.69) is 18.8 Å². The lowest BCUT2D eigenvalue weighted by Gasteiger charge is -2.09. The molecular weight excluding hydrogens is 248 g/mol. The molecule has 0 saturated carbocycles. The molecule has 0 unspecified atom stereocenters. The fourth-order valence-corrected chi connectivity index (χ4v) is 1.59. The van der Waals surface area contributed by atoms with E-state index >= 15 is 0 Å². The Morgan fingerprint density at radius 2 is 2.11 bits per heavy atom. The Balaban J connectivity index is 2.75. The van der Waals surface area contributed by atoms with E-state index in [4.69, 9.17) is 21.1 Å². The van der Waals surface area contributed by atoms with Crippen LogP contribution in [0.5, 0.6) is 11.5 Å². The molecule has 0 aliphatic rings. The largest absolute Gasteiger partial charge is 0.497 e. The molecule has 0 amide bonds. The first-order valence-electron chi connectivity index (χ1n) is 6.17. The second kappa shape index (κ2) is 8.72. The van der Waals surface area contributed by atoms with Gasteiger partial charge in [0.1, 0.15) is 11.5 Å². The molecule has 0 bridgehead atoms. The van der Waals surface area contributed by atoms with Crippen LogP contribution in [0.2, 0.25) is 0 Å². The van der Waals surface area contributed by atoms with Crippen molar-refractivity contribution in [3.05, 3.63) is 23.8 Å². The summed E-state index contributed by atoms with van der Waals surface area (Å²) in [7, 11) is 1.63. The first kappa shape index (κ1) is 14.7. The number of rotatable bonds is 6. The van der Waals surface area contributed by atoms with Crippen LogP contribution >= 0.6 is 11.6 Å². The molecule has 0 atom stereocenters. The Labute approximate surface area is 114 Å². The number of hydrogen-bond donors (Lipinski definition) is 0. The van der Waals surface area contributed by atoms with Crippen molar-refractivity contribution < 1.29 is 9.47 Å². The minimum Gasteiger partial charge on any atom is -0.497 e. The molecule has 0 aliphatic heterocycles. The summed E-state index contributed by atoms with van der Waals surface area (Å²) in [5, 5.41) is 0. The number of ether oxygens (including phenoxy) is 2. The van der Waals surface area contributed by atoms with Crippen LogP contribution in [0.3, 0.4) is 0 Å². The number of methoxy groups -OCH3 is 1. The molecule has 1 rings (SSSR count). The van der Waals surface area contributed by atoms with E-state index in [1.807, 2.05) is 18.2 Å².